The number of hydrogen-bond acceptors (Lipinski definition) is 4. The molecule has 2 rings (SSSR count). The summed E-state index contributed by atoms with van der Waals surface area (Å²) in [5.74, 6) is -4.11. The van der Waals surface area contributed by atoms with Gasteiger partial charge in [-0.05, 0) is 18.6 Å². The van der Waals surface area contributed by atoms with Crippen LogP contribution in [0.15, 0.2) is 24.3 Å². The zero-order valence-corrected chi connectivity index (χ0v) is 16.2. The first kappa shape index (κ1) is 22.1. The lowest BCUT2D eigenvalue weighted by Gasteiger charge is -2.15. The summed E-state index contributed by atoms with van der Waals surface area (Å²) in [7, 11) is 0. The van der Waals surface area contributed by atoms with Crippen molar-refractivity contribution < 1.29 is 17.9 Å². The van der Waals surface area contributed by atoms with Crippen molar-refractivity contribution in [1.82, 2.24) is 0 Å². The molecule has 29 heavy (non-hydrogen) atoms. The first-order chi connectivity index (χ1) is 14.0. The number of nitriles is 2. The molecule has 0 saturated carbocycles. The summed E-state index contributed by atoms with van der Waals surface area (Å²) in [5.41, 5.74) is -2.42. The second-order valence-corrected chi connectivity index (χ2v) is 6.53. The Morgan fingerprint density at radius 1 is 0.862 bits per heavy atom. The summed E-state index contributed by atoms with van der Waals surface area (Å²) in [6.07, 6.45) is 6.53. The molecule has 152 valence electrons. The van der Waals surface area contributed by atoms with Gasteiger partial charge in [-0.15, -0.1) is 0 Å². The minimum absolute atomic E-state index is 0.226. The van der Waals surface area contributed by atoms with Crippen molar-refractivity contribution in [3.63, 3.8) is 0 Å². The lowest BCUT2D eigenvalue weighted by atomic mass is 10.1. The average molecular weight is 401 g/mol. The second kappa shape index (κ2) is 11.0. The van der Waals surface area contributed by atoms with Crippen LogP contribution in [0.1, 0.15) is 56.6 Å². The molecule has 0 aromatic heterocycles. The van der Waals surface area contributed by atoms with Crippen molar-refractivity contribution in [2.24, 2.45) is 0 Å². The molecular weight excluding hydrogens is 379 g/mol. The van der Waals surface area contributed by atoms with Gasteiger partial charge in [-0.1, -0.05) is 51.2 Å². The summed E-state index contributed by atoms with van der Waals surface area (Å²) in [4.78, 5) is 0. The Kier molecular flexibility index (Phi) is 8.36. The fourth-order valence-electron chi connectivity index (χ4n) is 2.88. The Morgan fingerprint density at radius 3 is 2.17 bits per heavy atom. The Balaban J connectivity index is 2.17. The maximum absolute atomic E-state index is 14.5. The quantitative estimate of drug-likeness (QED) is 0.373. The third-order valence-electron chi connectivity index (χ3n) is 4.45. The molecule has 0 heterocycles. The largest absolute Gasteiger partial charge is 0.491 e. The number of ether oxygens (including phenoxy) is 1. The van der Waals surface area contributed by atoms with E-state index in [-0.39, 0.29) is 5.69 Å². The summed E-state index contributed by atoms with van der Waals surface area (Å²) in [6.45, 7) is 2.58. The molecule has 7 heteroatoms. The van der Waals surface area contributed by atoms with Gasteiger partial charge in [-0.2, -0.15) is 10.5 Å². The minimum Gasteiger partial charge on any atom is -0.491 e. The van der Waals surface area contributed by atoms with E-state index < -0.39 is 34.3 Å². The lowest BCUT2D eigenvalue weighted by Crippen LogP contribution is -2.07. The van der Waals surface area contributed by atoms with Gasteiger partial charge in [0.15, 0.2) is 17.5 Å². The average Bonchev–Trinajstić information content (AvgIpc) is 2.73. The van der Waals surface area contributed by atoms with Crippen molar-refractivity contribution >= 4 is 11.4 Å². The van der Waals surface area contributed by atoms with Gasteiger partial charge in [-0.3, -0.25) is 0 Å². The number of para-hydroxylation sites is 2. The van der Waals surface area contributed by atoms with Gasteiger partial charge in [0.1, 0.15) is 34.7 Å². The number of nitrogens with one attached hydrogen (secondary N) is 1. The third-order valence-corrected chi connectivity index (χ3v) is 4.45. The topological polar surface area (TPSA) is 68.8 Å². The molecule has 0 radical (unpaired) electrons. The highest BCUT2D eigenvalue weighted by molar-refractivity contribution is 5.70. The van der Waals surface area contributed by atoms with Crippen LogP contribution in [-0.2, 0) is 0 Å². The molecule has 0 aliphatic rings. The summed E-state index contributed by atoms with van der Waals surface area (Å²) >= 11 is 0. The Morgan fingerprint density at radius 2 is 1.48 bits per heavy atom. The maximum Gasteiger partial charge on any atom is 0.186 e. The number of unbranched alkanes of at least 4 members (excludes halogenated alkanes) is 5. The van der Waals surface area contributed by atoms with E-state index >= 15 is 0 Å². The zero-order chi connectivity index (χ0) is 21.2. The Hall–Kier alpha value is -3.19. The van der Waals surface area contributed by atoms with Gasteiger partial charge in [0.05, 0.1) is 12.3 Å². The highest BCUT2D eigenvalue weighted by Crippen LogP contribution is 2.34. The van der Waals surface area contributed by atoms with Crippen LogP contribution >= 0.6 is 0 Å². The van der Waals surface area contributed by atoms with Crippen LogP contribution in [0, 0.1) is 40.1 Å². The molecule has 0 aliphatic heterocycles. The van der Waals surface area contributed by atoms with Gasteiger partial charge in [0, 0.05) is 0 Å². The highest BCUT2D eigenvalue weighted by atomic mass is 19.2. The van der Waals surface area contributed by atoms with Crippen LogP contribution in [0.3, 0.4) is 0 Å². The second-order valence-electron chi connectivity index (χ2n) is 6.53. The van der Waals surface area contributed by atoms with Gasteiger partial charge in [0.2, 0.25) is 0 Å². The third kappa shape index (κ3) is 5.42. The molecule has 0 bridgehead atoms. The van der Waals surface area contributed by atoms with E-state index in [0.29, 0.717) is 12.4 Å². The standard InChI is InChI=1S/C22H22F3N3O/c1-2-3-4-5-6-9-12-29-18-11-8-7-10-17(18)28-22-20(24)16(14-27)15(13-26)19(23)21(22)25/h7-8,10-11,28H,2-6,9,12H2,1H3. The van der Waals surface area contributed by atoms with Crippen molar-refractivity contribution in [3.8, 4) is 17.9 Å². The molecule has 2 aromatic carbocycles. The van der Waals surface area contributed by atoms with Gasteiger partial charge in [0.25, 0.3) is 0 Å². The van der Waals surface area contributed by atoms with E-state index in [9.17, 15) is 13.2 Å². The number of anilines is 2. The summed E-state index contributed by atoms with van der Waals surface area (Å²) in [5, 5.41) is 20.4. The van der Waals surface area contributed by atoms with Crippen LogP contribution in [0.25, 0.3) is 0 Å². The number of hydrogen-bond donors (Lipinski definition) is 1. The molecule has 0 fully saturated rings. The maximum atomic E-state index is 14.5. The Labute approximate surface area is 168 Å². The molecule has 0 unspecified atom stereocenters. The van der Waals surface area contributed by atoms with Gasteiger partial charge >= 0.3 is 0 Å². The monoisotopic (exact) mass is 401 g/mol. The molecule has 2 aromatic rings. The van der Waals surface area contributed by atoms with Crippen LogP contribution in [0.5, 0.6) is 5.75 Å². The SMILES string of the molecule is CCCCCCCCOc1ccccc1Nc1c(F)c(F)c(C#N)c(C#N)c1F. The van der Waals surface area contributed by atoms with Crippen LogP contribution in [-0.4, -0.2) is 6.61 Å². The van der Waals surface area contributed by atoms with E-state index in [2.05, 4.69) is 12.2 Å². The lowest BCUT2D eigenvalue weighted by molar-refractivity contribution is 0.306. The number of rotatable bonds is 10. The van der Waals surface area contributed by atoms with Crippen molar-refractivity contribution in [3.05, 3.63) is 52.8 Å². The van der Waals surface area contributed by atoms with E-state index in [1.165, 1.54) is 37.5 Å². The van der Waals surface area contributed by atoms with E-state index in [1.54, 1.807) is 18.2 Å². The van der Waals surface area contributed by atoms with Crippen molar-refractivity contribution in [2.45, 2.75) is 45.4 Å². The number of nitrogens with zero attached hydrogens (tertiary/aromatic N) is 2. The van der Waals surface area contributed by atoms with Crippen LogP contribution in [0.4, 0.5) is 24.5 Å². The molecular formula is C22H22F3N3O. The first-order valence-corrected chi connectivity index (χ1v) is 9.54. The fraction of sp³-hybridized carbons (Fsp3) is 0.364. The normalized spacial score (nSPS) is 10.3. The van der Waals surface area contributed by atoms with Crippen molar-refractivity contribution in [2.75, 3.05) is 11.9 Å². The summed E-state index contributed by atoms with van der Waals surface area (Å²) in [6, 6.07) is 9.21. The molecule has 4 nitrogen and oxygen atoms in total. The predicted molar refractivity (Wildman–Crippen MR) is 104 cm³/mol. The van der Waals surface area contributed by atoms with Gasteiger partial charge in [-0.25, -0.2) is 13.2 Å². The van der Waals surface area contributed by atoms with Crippen molar-refractivity contribution in [1.29, 1.82) is 10.5 Å². The summed E-state index contributed by atoms with van der Waals surface area (Å²) < 4.78 is 48.7. The first-order valence-electron chi connectivity index (χ1n) is 9.54. The van der Waals surface area contributed by atoms with Crippen LogP contribution < -0.4 is 10.1 Å². The highest BCUT2D eigenvalue weighted by Gasteiger charge is 2.25. The molecule has 0 saturated heterocycles. The molecule has 0 amide bonds. The molecule has 0 spiro atoms. The van der Waals surface area contributed by atoms with E-state index in [4.69, 9.17) is 15.3 Å². The smallest absolute Gasteiger partial charge is 0.186 e. The van der Waals surface area contributed by atoms with E-state index in [1.807, 2.05) is 0 Å². The van der Waals surface area contributed by atoms with Gasteiger partial charge < -0.3 is 10.1 Å². The molecule has 0 atom stereocenters. The molecule has 1 N–H and O–H groups in total. The van der Waals surface area contributed by atoms with Crippen LogP contribution in [0.2, 0.25) is 0 Å². The Bertz CT molecular complexity index is 932. The van der Waals surface area contributed by atoms with E-state index in [0.717, 1.165) is 19.3 Å². The number of benzene rings is 2. The number of halogens is 3. The fourth-order valence-corrected chi connectivity index (χ4v) is 2.88. The predicted octanol–water partition coefficient (Wildman–Crippen LogP) is 6.33. The zero-order valence-electron chi connectivity index (χ0n) is 16.2. The minimum atomic E-state index is -1.57. The molecule has 0 aliphatic carbocycles.